The maximum absolute atomic E-state index is 13.3. The Morgan fingerprint density at radius 3 is 2.40 bits per heavy atom. The highest BCUT2D eigenvalue weighted by Crippen LogP contribution is 2.31. The van der Waals surface area contributed by atoms with Crippen molar-refractivity contribution in [3.05, 3.63) is 0 Å². The smallest absolute Gasteiger partial charge is 0.246 e. The number of likely N-dealkylation sites (tertiary alicyclic amines) is 2. The zero-order valence-electron chi connectivity index (χ0n) is 17.5. The highest BCUT2D eigenvalue weighted by molar-refractivity contribution is 5.92. The summed E-state index contributed by atoms with van der Waals surface area (Å²) < 4.78 is 0. The van der Waals surface area contributed by atoms with Crippen molar-refractivity contribution in [1.29, 1.82) is 0 Å². The Morgan fingerprint density at radius 1 is 1.20 bits per heavy atom. The van der Waals surface area contributed by atoms with Gasteiger partial charge in [-0.2, -0.15) is 0 Å². The van der Waals surface area contributed by atoms with Gasteiger partial charge < -0.3 is 41.6 Å². The fraction of sp³-hybridized carbons (Fsp3) is 0.789. The summed E-state index contributed by atoms with van der Waals surface area (Å²) in [6.07, 6.45) is 0.568. The minimum Gasteiger partial charge on any atom is -0.391 e. The summed E-state index contributed by atoms with van der Waals surface area (Å²) in [5.74, 6) is -1.63. The number of amides is 3. The number of carbonyl (C=O) groups is 4. The fourth-order valence-corrected chi connectivity index (χ4v) is 4.24. The normalized spacial score (nSPS) is 28.1. The maximum Gasteiger partial charge on any atom is 0.246 e. The highest BCUT2D eigenvalue weighted by atomic mass is 16.3. The second-order valence-corrected chi connectivity index (χ2v) is 8.27. The molecule has 7 N–H and O–H groups in total. The molecule has 0 saturated carbocycles. The van der Waals surface area contributed by atoms with Crippen molar-refractivity contribution in [3.63, 3.8) is 0 Å². The summed E-state index contributed by atoms with van der Waals surface area (Å²) in [7, 11) is 0. The molecule has 6 atom stereocenters. The second-order valence-electron chi connectivity index (χ2n) is 8.27. The van der Waals surface area contributed by atoms with Gasteiger partial charge >= 0.3 is 0 Å². The number of carbonyl (C=O) groups excluding carboxylic acids is 4. The van der Waals surface area contributed by atoms with Crippen LogP contribution in [0.1, 0.15) is 39.5 Å². The molecule has 0 radical (unpaired) electrons. The number of aliphatic hydroxyl groups is 2. The Labute approximate surface area is 175 Å². The van der Waals surface area contributed by atoms with Crippen molar-refractivity contribution in [2.45, 2.75) is 75.4 Å². The van der Waals surface area contributed by atoms with Gasteiger partial charge in [0.25, 0.3) is 0 Å². The van der Waals surface area contributed by atoms with Gasteiger partial charge in [-0.1, -0.05) is 0 Å². The van der Waals surface area contributed by atoms with Crippen LogP contribution in [0.15, 0.2) is 0 Å². The standard InChI is InChI=1S/C19H33N5O6/c1-11(26)14(20)18(30)23-7-3-5-13(23)17(29)24-8-4-6-19(24,10-25)9-22-15(12(2)27)16(21)28/h10-15,22,26-27H,3-9,20H2,1-2H3,(H2,21,28)/t11-,12-,13+,14+,15+,19?/m1/s1. The van der Waals surface area contributed by atoms with Crippen LogP contribution in [0.25, 0.3) is 0 Å². The number of aldehydes is 1. The van der Waals surface area contributed by atoms with Crippen molar-refractivity contribution in [3.8, 4) is 0 Å². The van der Waals surface area contributed by atoms with Gasteiger partial charge in [0.1, 0.15) is 30.0 Å². The summed E-state index contributed by atoms with van der Waals surface area (Å²) in [5.41, 5.74) is 9.87. The molecular weight excluding hydrogens is 394 g/mol. The third-order valence-corrected chi connectivity index (χ3v) is 6.06. The minimum absolute atomic E-state index is 0.0470. The molecule has 2 aliphatic heterocycles. The van der Waals surface area contributed by atoms with Gasteiger partial charge in [-0.3, -0.25) is 14.4 Å². The number of hydrogen-bond donors (Lipinski definition) is 5. The first-order chi connectivity index (χ1) is 14.1. The van der Waals surface area contributed by atoms with Gasteiger partial charge in [0, 0.05) is 19.6 Å². The SMILES string of the molecule is C[C@@H](O)[C@H](N)C(=O)N1CCC[C@H]1C(=O)N1CCCC1(C=O)CN[C@H](C(N)=O)[C@@H](C)O. The van der Waals surface area contributed by atoms with Crippen LogP contribution in [0.5, 0.6) is 0 Å². The molecule has 0 aromatic heterocycles. The lowest BCUT2D eigenvalue weighted by molar-refractivity contribution is -0.149. The van der Waals surface area contributed by atoms with Crippen LogP contribution in [0.2, 0.25) is 0 Å². The highest BCUT2D eigenvalue weighted by Gasteiger charge is 2.48. The summed E-state index contributed by atoms with van der Waals surface area (Å²) in [5, 5.41) is 22.2. The van der Waals surface area contributed by atoms with E-state index in [0.717, 1.165) is 0 Å². The Morgan fingerprint density at radius 2 is 1.87 bits per heavy atom. The predicted molar refractivity (Wildman–Crippen MR) is 107 cm³/mol. The molecule has 30 heavy (non-hydrogen) atoms. The molecule has 2 heterocycles. The van der Waals surface area contributed by atoms with Crippen molar-refractivity contribution in [2.24, 2.45) is 11.5 Å². The first kappa shape index (κ1) is 24.2. The van der Waals surface area contributed by atoms with E-state index in [1.54, 1.807) is 0 Å². The number of nitrogens with one attached hydrogen (secondary N) is 1. The van der Waals surface area contributed by atoms with Gasteiger partial charge in [-0.15, -0.1) is 0 Å². The molecule has 0 spiro atoms. The van der Waals surface area contributed by atoms with Crippen LogP contribution in [-0.4, -0.2) is 99.5 Å². The van der Waals surface area contributed by atoms with Crippen LogP contribution in [0.3, 0.4) is 0 Å². The lowest BCUT2D eigenvalue weighted by Gasteiger charge is -2.38. The molecule has 3 amide bonds. The largest absolute Gasteiger partial charge is 0.391 e. The summed E-state index contributed by atoms with van der Waals surface area (Å²) in [4.78, 5) is 52.4. The molecule has 170 valence electrons. The first-order valence-electron chi connectivity index (χ1n) is 10.3. The molecule has 2 fully saturated rings. The average molecular weight is 428 g/mol. The van der Waals surface area contributed by atoms with E-state index in [0.29, 0.717) is 45.1 Å². The van der Waals surface area contributed by atoms with E-state index in [2.05, 4.69) is 5.32 Å². The summed E-state index contributed by atoms with van der Waals surface area (Å²) in [6.45, 7) is 3.45. The van der Waals surface area contributed by atoms with E-state index < -0.39 is 47.7 Å². The number of hydrogen-bond acceptors (Lipinski definition) is 8. The Bertz CT molecular complexity index is 672. The molecule has 0 aromatic rings. The zero-order valence-corrected chi connectivity index (χ0v) is 17.5. The van der Waals surface area contributed by atoms with Crippen LogP contribution < -0.4 is 16.8 Å². The van der Waals surface area contributed by atoms with Crippen LogP contribution >= 0.6 is 0 Å². The second kappa shape index (κ2) is 9.82. The van der Waals surface area contributed by atoms with Gasteiger partial charge in [-0.05, 0) is 39.5 Å². The van der Waals surface area contributed by atoms with E-state index in [1.165, 1.54) is 23.6 Å². The number of aliphatic hydroxyl groups excluding tert-OH is 2. The van der Waals surface area contributed by atoms with Gasteiger partial charge in [0.2, 0.25) is 17.7 Å². The molecule has 2 saturated heterocycles. The molecule has 2 aliphatic rings. The van der Waals surface area contributed by atoms with E-state index in [-0.39, 0.29) is 12.5 Å². The van der Waals surface area contributed by atoms with Crippen LogP contribution in [0, 0.1) is 0 Å². The summed E-state index contributed by atoms with van der Waals surface area (Å²) in [6, 6.07) is -2.95. The molecule has 11 nitrogen and oxygen atoms in total. The molecule has 2 rings (SSSR count). The number of nitrogens with zero attached hydrogens (tertiary/aromatic N) is 2. The molecule has 0 bridgehead atoms. The van der Waals surface area contributed by atoms with Crippen LogP contribution in [0.4, 0.5) is 0 Å². The molecule has 1 unspecified atom stereocenters. The third-order valence-electron chi connectivity index (χ3n) is 6.06. The van der Waals surface area contributed by atoms with Gasteiger partial charge in [0.15, 0.2) is 0 Å². The van der Waals surface area contributed by atoms with Crippen LogP contribution in [-0.2, 0) is 19.2 Å². The Kier molecular flexibility index (Phi) is 7.92. The maximum atomic E-state index is 13.3. The molecule has 11 heteroatoms. The van der Waals surface area contributed by atoms with E-state index >= 15 is 0 Å². The van der Waals surface area contributed by atoms with Crippen molar-refractivity contribution >= 4 is 24.0 Å². The van der Waals surface area contributed by atoms with Gasteiger partial charge in [-0.25, -0.2) is 0 Å². The number of primary amides is 1. The van der Waals surface area contributed by atoms with E-state index in [4.69, 9.17) is 11.5 Å². The monoisotopic (exact) mass is 427 g/mol. The fourth-order valence-electron chi connectivity index (χ4n) is 4.24. The molecule has 0 aromatic carbocycles. The zero-order chi connectivity index (χ0) is 22.6. The van der Waals surface area contributed by atoms with E-state index in [1.807, 2.05) is 0 Å². The number of rotatable bonds is 9. The topological polar surface area (TPSA) is 179 Å². The quantitative estimate of drug-likeness (QED) is 0.243. The van der Waals surface area contributed by atoms with Crippen molar-refractivity contribution < 1.29 is 29.4 Å². The lowest BCUT2D eigenvalue weighted by atomic mass is 9.96. The molecular formula is C19H33N5O6. The van der Waals surface area contributed by atoms with Crippen molar-refractivity contribution in [2.75, 3.05) is 19.6 Å². The summed E-state index contributed by atoms with van der Waals surface area (Å²) >= 11 is 0. The third kappa shape index (κ3) is 4.80. The minimum atomic E-state index is -1.20. The van der Waals surface area contributed by atoms with E-state index in [9.17, 15) is 29.4 Å². The molecule has 0 aliphatic carbocycles. The lowest BCUT2D eigenvalue weighted by Crippen LogP contribution is -2.62. The van der Waals surface area contributed by atoms with Gasteiger partial charge in [0.05, 0.1) is 12.2 Å². The Hall–Kier alpha value is -2.08. The number of nitrogens with two attached hydrogens (primary N) is 2. The first-order valence-corrected chi connectivity index (χ1v) is 10.3. The predicted octanol–water partition coefficient (Wildman–Crippen LogP) is -2.93. The average Bonchev–Trinajstić information content (AvgIpc) is 3.33. The van der Waals surface area contributed by atoms with Crippen molar-refractivity contribution in [1.82, 2.24) is 15.1 Å². The Balaban J connectivity index is 2.19.